The first-order valence-electron chi connectivity index (χ1n) is 15.2. The van der Waals surface area contributed by atoms with Gasteiger partial charge in [0.1, 0.15) is 0 Å². The molecule has 0 aliphatic carbocycles. The van der Waals surface area contributed by atoms with Crippen molar-refractivity contribution < 1.29 is 19.1 Å². The fourth-order valence-electron chi connectivity index (χ4n) is 4.88. The monoisotopic (exact) mass is 744 g/mol. The molecule has 4 aromatic carbocycles. The number of carbonyl (C=O) groups is 2. The van der Waals surface area contributed by atoms with E-state index in [4.69, 9.17) is 44.1 Å². The molecule has 0 amide bonds. The summed E-state index contributed by atoms with van der Waals surface area (Å²) >= 11 is 15.5. The third kappa shape index (κ3) is 9.21. The van der Waals surface area contributed by atoms with Crippen LogP contribution in [0.1, 0.15) is 21.6 Å². The van der Waals surface area contributed by atoms with Crippen LogP contribution >= 0.6 is 46.7 Å². The number of hydrogen-bond donors (Lipinski definition) is 2. The Hall–Kier alpha value is -4.88. The second kappa shape index (κ2) is 16.2. The maximum Gasteiger partial charge on any atom is 0.425 e. The summed E-state index contributed by atoms with van der Waals surface area (Å²) in [4.78, 5) is 36.4. The van der Waals surface area contributed by atoms with Crippen molar-refractivity contribution in [2.24, 2.45) is 0 Å². The molecule has 2 atom stereocenters. The van der Waals surface area contributed by atoms with Crippen LogP contribution in [0.3, 0.4) is 0 Å². The number of nitrogens with zero attached hydrogens (tertiary/aromatic N) is 4. The first-order chi connectivity index (χ1) is 24.2. The minimum absolute atomic E-state index is 0.0603. The number of carbonyl (C=O) groups excluding carboxylic acids is 2. The average Bonchev–Trinajstić information content (AvgIpc) is 3.75. The van der Waals surface area contributed by atoms with E-state index in [0.29, 0.717) is 34.5 Å². The van der Waals surface area contributed by atoms with E-state index in [0.717, 1.165) is 20.9 Å². The summed E-state index contributed by atoms with van der Waals surface area (Å²) in [6.07, 6.45) is 6.32. The number of rotatable bonds is 12. The number of benzene rings is 4. The van der Waals surface area contributed by atoms with Gasteiger partial charge in [-0.3, -0.25) is 9.13 Å². The first-order valence-corrected chi connectivity index (χ1v) is 17.7. The van der Waals surface area contributed by atoms with E-state index in [1.807, 2.05) is 97.1 Å². The van der Waals surface area contributed by atoms with Gasteiger partial charge in [0, 0.05) is 69.1 Å². The summed E-state index contributed by atoms with van der Waals surface area (Å²) in [7, 11) is 0. The van der Waals surface area contributed by atoms with Crippen LogP contribution in [0.2, 0.25) is 10.0 Å². The Morgan fingerprint density at radius 1 is 0.600 bits per heavy atom. The molecule has 2 unspecified atom stereocenters. The lowest BCUT2D eigenvalue weighted by molar-refractivity contribution is -0.157. The third-order valence-corrected chi connectivity index (χ3v) is 10.4. The van der Waals surface area contributed by atoms with Gasteiger partial charge in [-0.1, -0.05) is 47.5 Å². The van der Waals surface area contributed by atoms with Crippen LogP contribution in [-0.4, -0.2) is 31.0 Å². The molecule has 2 aromatic heterocycles. The maximum atomic E-state index is 13.0. The zero-order valence-corrected chi connectivity index (χ0v) is 29.4. The van der Waals surface area contributed by atoms with Crippen molar-refractivity contribution in [3.8, 4) is 12.0 Å². The van der Waals surface area contributed by atoms with E-state index in [9.17, 15) is 9.59 Å². The topological polar surface area (TPSA) is 140 Å². The van der Waals surface area contributed by atoms with Crippen LogP contribution in [0, 0.1) is 0 Å². The van der Waals surface area contributed by atoms with E-state index >= 15 is 0 Å². The largest absolute Gasteiger partial charge is 0.425 e. The highest BCUT2D eigenvalue weighted by molar-refractivity contribution is 7.99. The number of nitrogens with two attached hydrogens (primary N) is 2. The number of ether oxygens (including phenoxy) is 2. The van der Waals surface area contributed by atoms with Crippen molar-refractivity contribution in [2.75, 3.05) is 11.5 Å². The highest BCUT2D eigenvalue weighted by Crippen LogP contribution is 2.39. The molecule has 0 fully saturated rings. The molecule has 0 aliphatic heterocycles. The molecule has 2 heterocycles. The lowest BCUT2D eigenvalue weighted by Gasteiger charge is -2.19. The molecular weight excluding hydrogens is 715 g/mol. The summed E-state index contributed by atoms with van der Waals surface area (Å²) in [5, 5.41) is 0.952. The van der Waals surface area contributed by atoms with Crippen LogP contribution in [0.5, 0.6) is 12.0 Å². The van der Waals surface area contributed by atoms with Crippen LogP contribution in [0.15, 0.2) is 132 Å². The smallest absolute Gasteiger partial charge is 0.399 e. The van der Waals surface area contributed by atoms with Gasteiger partial charge in [-0.05, 0) is 83.9 Å². The van der Waals surface area contributed by atoms with Crippen molar-refractivity contribution in [3.05, 3.63) is 143 Å². The predicted octanol–water partition coefficient (Wildman–Crippen LogP) is 8.13. The van der Waals surface area contributed by atoms with Crippen LogP contribution < -0.4 is 20.9 Å². The van der Waals surface area contributed by atoms with Gasteiger partial charge in [0.15, 0.2) is 0 Å². The molecule has 6 aromatic rings. The predicted molar refractivity (Wildman–Crippen MR) is 198 cm³/mol. The van der Waals surface area contributed by atoms with Gasteiger partial charge in [0.25, 0.3) is 0 Å². The Bertz CT molecular complexity index is 1910. The second-order valence-electron chi connectivity index (χ2n) is 11.0. The Morgan fingerprint density at radius 2 is 0.960 bits per heavy atom. The minimum atomic E-state index is -1.24. The van der Waals surface area contributed by atoms with E-state index in [2.05, 4.69) is 9.97 Å². The Labute approximate surface area is 306 Å². The summed E-state index contributed by atoms with van der Waals surface area (Å²) < 4.78 is 14.2. The Balaban J connectivity index is 1.14. The minimum Gasteiger partial charge on any atom is -0.399 e. The quantitative estimate of drug-likeness (QED) is 0.0546. The molecule has 4 N–H and O–H groups in total. The SMILES string of the molecule is Nc1ccc(SC(Cn2ccnc2OC(=O)C(=O)Oc2nccn2CC(Sc2ccc(N)cc2)c2ccc(Cl)cc2)c2ccc(Cl)cc2)cc1. The number of anilines is 2. The second-order valence-corrected chi connectivity index (χ2v) is 14.4. The Morgan fingerprint density at radius 3 is 1.32 bits per heavy atom. The lowest BCUT2D eigenvalue weighted by atomic mass is 10.1. The lowest BCUT2D eigenvalue weighted by Crippen LogP contribution is -2.28. The molecule has 50 heavy (non-hydrogen) atoms. The zero-order valence-electron chi connectivity index (χ0n) is 26.3. The molecule has 0 saturated heterocycles. The van der Waals surface area contributed by atoms with Crippen LogP contribution in [0.4, 0.5) is 11.4 Å². The summed E-state index contributed by atoms with van der Waals surface area (Å²) in [5.41, 5.74) is 15.1. The third-order valence-electron chi connectivity index (χ3n) is 7.41. The molecule has 0 radical (unpaired) electrons. The van der Waals surface area contributed by atoms with Crippen LogP contribution in [-0.2, 0) is 22.7 Å². The molecule has 0 saturated carbocycles. The number of nitrogen functional groups attached to an aromatic ring is 2. The molecule has 6 rings (SSSR count). The average molecular weight is 746 g/mol. The number of thioether (sulfide) groups is 2. The molecule has 254 valence electrons. The number of hydrogen-bond acceptors (Lipinski definition) is 10. The van der Waals surface area contributed by atoms with E-state index in [-0.39, 0.29) is 22.5 Å². The summed E-state index contributed by atoms with van der Waals surface area (Å²) in [6.45, 7) is 0.715. The normalized spacial score (nSPS) is 12.3. The number of aromatic nitrogens is 4. The van der Waals surface area contributed by atoms with Gasteiger partial charge < -0.3 is 20.9 Å². The number of halogens is 2. The fourth-order valence-corrected chi connectivity index (χ4v) is 7.44. The maximum absolute atomic E-state index is 13.0. The highest BCUT2D eigenvalue weighted by Gasteiger charge is 2.26. The van der Waals surface area contributed by atoms with E-state index in [1.165, 1.54) is 12.4 Å². The van der Waals surface area contributed by atoms with Crippen molar-refractivity contribution in [3.63, 3.8) is 0 Å². The standard InChI is InChI=1S/C36H30Cl2N6O4S2/c37-25-5-1-23(2-6-25)31(49-29-13-9-27(39)10-14-29)21-43-19-17-41-35(43)47-33(45)34(46)48-36-42-18-20-44(36)22-32(24-3-7-26(38)8-4-24)50-30-15-11-28(40)12-16-30/h1-20,31-32H,21-22,39-40H2. The fraction of sp³-hybridized carbons (Fsp3) is 0.111. The first kappa shape index (κ1) is 35.0. The molecule has 10 nitrogen and oxygen atoms in total. The van der Waals surface area contributed by atoms with Crippen molar-refractivity contribution in [1.29, 1.82) is 0 Å². The van der Waals surface area contributed by atoms with Gasteiger partial charge in [0.2, 0.25) is 0 Å². The molecule has 0 aliphatic rings. The zero-order chi connectivity index (χ0) is 35.0. The molecule has 0 bridgehead atoms. The molecular formula is C36H30Cl2N6O4S2. The van der Waals surface area contributed by atoms with Gasteiger partial charge >= 0.3 is 24.0 Å². The van der Waals surface area contributed by atoms with E-state index in [1.54, 1.807) is 45.1 Å². The number of imidazole rings is 2. The van der Waals surface area contributed by atoms with Gasteiger partial charge in [0.05, 0.1) is 10.5 Å². The molecule has 0 spiro atoms. The van der Waals surface area contributed by atoms with Crippen LogP contribution in [0.25, 0.3) is 0 Å². The van der Waals surface area contributed by atoms with Crippen molar-refractivity contribution >= 4 is 70.0 Å². The van der Waals surface area contributed by atoms with Gasteiger partial charge in [-0.25, -0.2) is 19.6 Å². The van der Waals surface area contributed by atoms with Crippen molar-refractivity contribution in [2.45, 2.75) is 33.4 Å². The number of esters is 2. The summed E-state index contributed by atoms with van der Waals surface area (Å²) in [5.74, 6) is -2.49. The van der Waals surface area contributed by atoms with Gasteiger partial charge in [-0.15, -0.1) is 23.5 Å². The van der Waals surface area contributed by atoms with Gasteiger partial charge in [-0.2, -0.15) is 0 Å². The summed E-state index contributed by atoms with van der Waals surface area (Å²) in [6, 6.07) is 30.0. The van der Waals surface area contributed by atoms with E-state index < -0.39 is 11.9 Å². The Kier molecular flexibility index (Phi) is 11.3. The molecule has 14 heteroatoms. The van der Waals surface area contributed by atoms with Crippen molar-refractivity contribution in [1.82, 2.24) is 19.1 Å². The highest BCUT2D eigenvalue weighted by atomic mass is 35.5.